The Hall–Kier alpha value is -1.04. The van der Waals surface area contributed by atoms with Gasteiger partial charge in [0.2, 0.25) is 5.89 Å². The predicted molar refractivity (Wildman–Crippen MR) is 63.5 cm³/mol. The molecule has 5 nitrogen and oxygen atoms in total. The molecule has 0 unspecified atom stereocenters. The van der Waals surface area contributed by atoms with Crippen LogP contribution in [0.25, 0.3) is 0 Å². The molecule has 0 saturated heterocycles. The number of rotatable bonds is 1. The van der Waals surface area contributed by atoms with Crippen LogP contribution < -0.4 is 5.32 Å². The Kier molecular flexibility index (Phi) is 3.73. The van der Waals surface area contributed by atoms with E-state index in [1.54, 1.807) is 7.05 Å². The molecule has 0 saturated carbocycles. The molecule has 84 valence electrons. The average molecular weight is 228 g/mol. The lowest BCUT2D eigenvalue weighted by Crippen LogP contribution is -2.11. The van der Waals surface area contributed by atoms with E-state index in [1.165, 1.54) is 11.8 Å². The van der Waals surface area contributed by atoms with Gasteiger partial charge in [-0.25, -0.2) is 0 Å². The topological polar surface area (TPSA) is 63.3 Å². The summed E-state index contributed by atoms with van der Waals surface area (Å²) in [5, 5.41) is 11.6. The molecule has 0 aromatic carbocycles. The summed E-state index contributed by atoms with van der Waals surface area (Å²) < 4.78 is 5.45. The van der Waals surface area contributed by atoms with Gasteiger partial charge in [-0.2, -0.15) is 0 Å². The van der Waals surface area contributed by atoms with Crippen LogP contribution in [-0.2, 0) is 5.41 Å². The number of hydrogen-bond donors (Lipinski definition) is 1. The predicted octanol–water partition coefficient (Wildman–Crippen LogP) is 2.13. The molecule has 1 aromatic heterocycles. The summed E-state index contributed by atoms with van der Waals surface area (Å²) >= 11 is 1.49. The molecule has 0 radical (unpaired) electrons. The average Bonchev–Trinajstić information content (AvgIpc) is 2.61. The maximum absolute atomic E-state index is 5.45. The van der Waals surface area contributed by atoms with Crippen molar-refractivity contribution >= 4 is 22.9 Å². The van der Waals surface area contributed by atoms with Gasteiger partial charge in [-0.05, 0) is 6.26 Å². The second kappa shape index (κ2) is 4.65. The summed E-state index contributed by atoms with van der Waals surface area (Å²) in [4.78, 5) is 4.01. The fraction of sp³-hybridized carbons (Fsp3) is 0.667. The lowest BCUT2D eigenvalue weighted by Gasteiger charge is -2.10. The lowest BCUT2D eigenvalue weighted by atomic mass is 9.97. The Labute approximate surface area is 93.8 Å². The smallest absolute Gasteiger partial charge is 0.321 e. The maximum atomic E-state index is 5.45. The molecule has 0 aliphatic heterocycles. The van der Waals surface area contributed by atoms with Crippen molar-refractivity contribution in [3.63, 3.8) is 0 Å². The van der Waals surface area contributed by atoms with Crippen molar-refractivity contribution in [2.75, 3.05) is 18.6 Å². The highest BCUT2D eigenvalue weighted by atomic mass is 32.2. The van der Waals surface area contributed by atoms with Gasteiger partial charge in [-0.3, -0.25) is 10.3 Å². The van der Waals surface area contributed by atoms with E-state index in [9.17, 15) is 0 Å². The molecule has 1 heterocycles. The van der Waals surface area contributed by atoms with E-state index in [0.717, 1.165) is 5.17 Å². The van der Waals surface area contributed by atoms with Crippen LogP contribution in [0, 0.1) is 0 Å². The van der Waals surface area contributed by atoms with Crippen molar-refractivity contribution in [2.24, 2.45) is 4.99 Å². The number of nitrogens with one attached hydrogen (secondary N) is 1. The second-order valence-corrected chi connectivity index (χ2v) is 4.82. The van der Waals surface area contributed by atoms with Gasteiger partial charge in [0.1, 0.15) is 0 Å². The Balaban J connectivity index is 2.77. The van der Waals surface area contributed by atoms with Crippen LogP contribution in [0.1, 0.15) is 26.7 Å². The van der Waals surface area contributed by atoms with Gasteiger partial charge < -0.3 is 4.42 Å². The quantitative estimate of drug-likeness (QED) is 0.589. The van der Waals surface area contributed by atoms with Gasteiger partial charge in [-0.1, -0.05) is 37.6 Å². The molecule has 0 amide bonds. The van der Waals surface area contributed by atoms with Crippen molar-refractivity contribution in [1.82, 2.24) is 10.2 Å². The van der Waals surface area contributed by atoms with E-state index in [2.05, 4.69) is 20.5 Å². The van der Waals surface area contributed by atoms with Crippen molar-refractivity contribution < 1.29 is 4.42 Å². The van der Waals surface area contributed by atoms with E-state index in [-0.39, 0.29) is 5.41 Å². The van der Waals surface area contributed by atoms with Crippen LogP contribution in [0.15, 0.2) is 9.41 Å². The van der Waals surface area contributed by atoms with Crippen LogP contribution >= 0.6 is 11.8 Å². The first-order valence-corrected chi connectivity index (χ1v) is 5.81. The van der Waals surface area contributed by atoms with Gasteiger partial charge in [0, 0.05) is 12.5 Å². The van der Waals surface area contributed by atoms with E-state index >= 15 is 0 Å². The monoisotopic (exact) mass is 228 g/mol. The number of nitrogens with zero attached hydrogens (tertiary/aromatic N) is 3. The summed E-state index contributed by atoms with van der Waals surface area (Å²) in [7, 11) is 1.71. The van der Waals surface area contributed by atoms with Gasteiger partial charge in [0.15, 0.2) is 5.17 Å². The third-order valence-corrected chi connectivity index (χ3v) is 2.35. The number of hydrogen-bond acceptors (Lipinski definition) is 5. The molecule has 0 spiro atoms. The fourth-order valence-electron chi connectivity index (χ4n) is 0.867. The van der Waals surface area contributed by atoms with Gasteiger partial charge >= 0.3 is 6.01 Å². The molecule has 1 N–H and O–H groups in total. The highest BCUT2D eigenvalue weighted by Gasteiger charge is 2.21. The van der Waals surface area contributed by atoms with E-state index in [0.29, 0.717) is 11.9 Å². The number of amidine groups is 1. The second-order valence-electron chi connectivity index (χ2n) is 4.02. The maximum Gasteiger partial charge on any atom is 0.321 e. The first kappa shape index (κ1) is 12.0. The fourth-order valence-corrected chi connectivity index (χ4v) is 1.24. The van der Waals surface area contributed by atoms with E-state index in [4.69, 9.17) is 4.42 Å². The Morgan fingerprint density at radius 3 is 2.47 bits per heavy atom. The molecule has 0 bridgehead atoms. The molecule has 15 heavy (non-hydrogen) atoms. The summed E-state index contributed by atoms with van der Waals surface area (Å²) in [6.45, 7) is 6.06. The minimum atomic E-state index is -0.129. The Morgan fingerprint density at radius 1 is 1.40 bits per heavy atom. The molecular formula is C9H16N4OS. The number of thioether (sulfide) groups is 1. The third-order valence-electron chi connectivity index (χ3n) is 1.68. The number of anilines is 1. The molecular weight excluding hydrogens is 212 g/mol. The molecule has 0 atom stereocenters. The van der Waals surface area contributed by atoms with E-state index in [1.807, 2.05) is 27.0 Å². The van der Waals surface area contributed by atoms with Crippen LogP contribution in [0.2, 0.25) is 0 Å². The molecule has 6 heteroatoms. The van der Waals surface area contributed by atoms with Crippen molar-refractivity contribution in [2.45, 2.75) is 26.2 Å². The number of aromatic nitrogens is 2. The summed E-state index contributed by atoms with van der Waals surface area (Å²) in [5.74, 6) is 0.613. The SMILES string of the molecule is CN=C(Nc1nnc(C(C)(C)C)o1)SC. The van der Waals surface area contributed by atoms with Gasteiger partial charge in [0.05, 0.1) is 0 Å². The van der Waals surface area contributed by atoms with Gasteiger partial charge in [0.25, 0.3) is 0 Å². The minimum Gasteiger partial charge on any atom is -0.407 e. The van der Waals surface area contributed by atoms with Crippen molar-refractivity contribution in [3.05, 3.63) is 5.89 Å². The van der Waals surface area contributed by atoms with E-state index < -0.39 is 0 Å². The van der Waals surface area contributed by atoms with Crippen molar-refractivity contribution in [1.29, 1.82) is 0 Å². The standard InChI is InChI=1S/C9H16N4OS/c1-9(2,3)6-12-13-7(14-6)11-8(10-4)15-5/h1-5H3,(H,10,11,13). The highest BCUT2D eigenvalue weighted by molar-refractivity contribution is 8.13. The van der Waals surface area contributed by atoms with Crippen LogP contribution in [0.3, 0.4) is 0 Å². The zero-order valence-corrected chi connectivity index (χ0v) is 10.5. The third kappa shape index (κ3) is 3.23. The van der Waals surface area contributed by atoms with Crippen LogP contribution in [0.4, 0.5) is 6.01 Å². The first-order valence-electron chi connectivity index (χ1n) is 4.59. The molecule has 1 rings (SSSR count). The van der Waals surface area contributed by atoms with Crippen molar-refractivity contribution in [3.8, 4) is 0 Å². The first-order chi connectivity index (χ1) is 6.97. The zero-order chi connectivity index (χ0) is 11.5. The molecule has 0 aliphatic carbocycles. The summed E-state index contributed by atoms with van der Waals surface area (Å²) in [6.07, 6.45) is 1.93. The van der Waals surface area contributed by atoms with Crippen LogP contribution in [0.5, 0.6) is 0 Å². The lowest BCUT2D eigenvalue weighted by molar-refractivity contribution is 0.401. The highest BCUT2D eigenvalue weighted by Crippen LogP contribution is 2.22. The zero-order valence-electron chi connectivity index (χ0n) is 9.66. The van der Waals surface area contributed by atoms with Crippen LogP contribution in [-0.4, -0.2) is 28.7 Å². The number of aliphatic imine (C=N–C) groups is 1. The Morgan fingerprint density at radius 2 is 2.07 bits per heavy atom. The molecule has 0 aliphatic rings. The molecule has 1 aromatic rings. The minimum absolute atomic E-state index is 0.129. The normalized spacial score (nSPS) is 13.0. The summed E-state index contributed by atoms with van der Waals surface area (Å²) in [5.41, 5.74) is -0.129. The van der Waals surface area contributed by atoms with Gasteiger partial charge in [-0.15, -0.1) is 5.10 Å². The Bertz CT molecular complexity index is 353. The molecule has 0 fully saturated rings. The largest absolute Gasteiger partial charge is 0.407 e. The summed E-state index contributed by atoms with van der Waals surface area (Å²) in [6, 6.07) is 0.384.